The van der Waals surface area contributed by atoms with Crippen molar-refractivity contribution in [3.05, 3.63) is 30.1 Å². The zero-order valence-electron chi connectivity index (χ0n) is 14.3. The van der Waals surface area contributed by atoms with Crippen molar-refractivity contribution in [3.63, 3.8) is 0 Å². The Bertz CT molecular complexity index is 1010. The number of hydrogen-bond acceptors (Lipinski definition) is 6. The Morgan fingerprint density at radius 2 is 2.22 bits per heavy atom. The first-order valence-electron chi connectivity index (χ1n) is 8.89. The Kier molecular flexibility index (Phi) is 3.52. The molecule has 2 atom stereocenters. The molecule has 0 bridgehead atoms. The number of H-pyrrole nitrogens is 1. The fourth-order valence-electron chi connectivity index (χ4n) is 3.49. The van der Waals surface area contributed by atoms with Gasteiger partial charge in [0.1, 0.15) is 17.9 Å². The van der Waals surface area contributed by atoms with E-state index in [1.165, 1.54) is 4.90 Å². The van der Waals surface area contributed by atoms with Crippen LogP contribution in [0.4, 0.5) is 22.1 Å². The number of nitrogens with one attached hydrogen (secondary N) is 2. The van der Waals surface area contributed by atoms with Crippen LogP contribution in [0.25, 0.3) is 5.65 Å². The van der Waals surface area contributed by atoms with E-state index in [-0.39, 0.29) is 18.9 Å². The van der Waals surface area contributed by atoms with Crippen LogP contribution >= 0.6 is 0 Å². The molecule has 1 aliphatic heterocycles. The minimum absolute atomic E-state index is 0.0402. The number of carboxylic acids is 1. The van der Waals surface area contributed by atoms with E-state index in [1.807, 2.05) is 12.1 Å². The maximum atomic E-state index is 13.9. The molecule has 5 rings (SSSR count). The third kappa shape index (κ3) is 2.86. The molecule has 27 heavy (non-hydrogen) atoms. The molecule has 3 N–H and O–H groups in total. The Balaban J connectivity index is 1.51. The van der Waals surface area contributed by atoms with Crippen molar-refractivity contribution in [1.29, 1.82) is 0 Å². The second-order valence-electron chi connectivity index (χ2n) is 7.03. The molecule has 140 valence electrons. The highest BCUT2D eigenvalue weighted by Gasteiger charge is 2.39. The molecule has 0 unspecified atom stereocenters. The number of aromatic amines is 1. The second kappa shape index (κ2) is 5.93. The molecule has 1 saturated heterocycles. The van der Waals surface area contributed by atoms with Crippen molar-refractivity contribution in [2.24, 2.45) is 0 Å². The summed E-state index contributed by atoms with van der Waals surface area (Å²) in [6, 6.07) is 4.57. The fourth-order valence-corrected chi connectivity index (χ4v) is 3.49. The molecule has 1 aliphatic carbocycles. The van der Waals surface area contributed by atoms with Gasteiger partial charge >= 0.3 is 5.97 Å². The summed E-state index contributed by atoms with van der Waals surface area (Å²) >= 11 is 0. The number of hydrogen-bond donors (Lipinski definition) is 3. The molecule has 10 heteroatoms. The quantitative estimate of drug-likeness (QED) is 0.629. The van der Waals surface area contributed by atoms with Gasteiger partial charge in [0.05, 0.1) is 6.54 Å². The molecule has 0 radical (unpaired) electrons. The van der Waals surface area contributed by atoms with E-state index < -0.39 is 18.2 Å². The summed E-state index contributed by atoms with van der Waals surface area (Å²) in [6.07, 6.45) is 2.83. The highest BCUT2D eigenvalue weighted by atomic mass is 19.1. The lowest BCUT2D eigenvalue weighted by Crippen LogP contribution is -2.37. The van der Waals surface area contributed by atoms with Gasteiger partial charge in [0.15, 0.2) is 5.82 Å². The largest absolute Gasteiger partial charge is 0.480 e. The van der Waals surface area contributed by atoms with Crippen LogP contribution in [0, 0.1) is 0 Å². The predicted octanol–water partition coefficient (Wildman–Crippen LogP) is 2.07. The number of nitrogens with zero attached hydrogens (tertiary/aromatic N) is 5. The van der Waals surface area contributed by atoms with Gasteiger partial charge in [-0.2, -0.15) is 15.1 Å². The van der Waals surface area contributed by atoms with E-state index >= 15 is 0 Å². The maximum Gasteiger partial charge on any atom is 0.326 e. The summed E-state index contributed by atoms with van der Waals surface area (Å²) in [5, 5.41) is 19.9. The maximum absolute atomic E-state index is 13.9. The lowest BCUT2D eigenvalue weighted by Gasteiger charge is -2.21. The minimum Gasteiger partial charge on any atom is -0.480 e. The minimum atomic E-state index is -1.22. The van der Waals surface area contributed by atoms with E-state index in [9.17, 15) is 14.3 Å². The average molecular weight is 371 g/mol. The van der Waals surface area contributed by atoms with Gasteiger partial charge in [-0.25, -0.2) is 9.18 Å². The Hall–Kier alpha value is -3.17. The van der Waals surface area contributed by atoms with Gasteiger partial charge in [0.2, 0.25) is 11.9 Å². The van der Waals surface area contributed by atoms with Crippen molar-refractivity contribution in [2.75, 3.05) is 16.8 Å². The van der Waals surface area contributed by atoms with Crippen molar-refractivity contribution >= 4 is 29.3 Å². The van der Waals surface area contributed by atoms with Crippen LogP contribution in [0.5, 0.6) is 0 Å². The van der Waals surface area contributed by atoms with Crippen LogP contribution in [0.15, 0.2) is 24.4 Å². The summed E-state index contributed by atoms with van der Waals surface area (Å²) < 4.78 is 15.6. The first kappa shape index (κ1) is 16.0. The van der Waals surface area contributed by atoms with Crippen LogP contribution in [-0.4, -0.2) is 54.4 Å². The first-order valence-corrected chi connectivity index (χ1v) is 8.89. The van der Waals surface area contributed by atoms with Gasteiger partial charge in [0, 0.05) is 30.3 Å². The number of carboxylic acid groups (broad SMARTS) is 1. The molecule has 2 fully saturated rings. The Morgan fingerprint density at radius 3 is 3.00 bits per heavy atom. The fraction of sp³-hybridized carbons (Fsp3) is 0.412. The van der Waals surface area contributed by atoms with Crippen LogP contribution in [0.2, 0.25) is 0 Å². The van der Waals surface area contributed by atoms with Crippen LogP contribution in [0.1, 0.15) is 30.9 Å². The molecule has 1 saturated carbocycles. The summed E-state index contributed by atoms with van der Waals surface area (Å²) in [7, 11) is 0. The van der Waals surface area contributed by atoms with E-state index in [1.54, 1.807) is 16.7 Å². The van der Waals surface area contributed by atoms with E-state index in [4.69, 9.17) is 0 Å². The smallest absolute Gasteiger partial charge is 0.326 e. The van der Waals surface area contributed by atoms with E-state index in [0.29, 0.717) is 23.3 Å². The van der Waals surface area contributed by atoms with Gasteiger partial charge < -0.3 is 15.3 Å². The van der Waals surface area contributed by atoms with E-state index in [0.717, 1.165) is 18.5 Å². The van der Waals surface area contributed by atoms with Crippen molar-refractivity contribution in [1.82, 2.24) is 24.6 Å². The molecular weight excluding hydrogens is 353 g/mol. The Morgan fingerprint density at radius 1 is 1.37 bits per heavy atom. The predicted molar refractivity (Wildman–Crippen MR) is 95.1 cm³/mol. The van der Waals surface area contributed by atoms with Crippen LogP contribution in [-0.2, 0) is 4.79 Å². The standard InChI is InChI=1S/C17H18FN7O2/c18-10-6-12(15(26)27)25(8-10)17-20-14-2-1-5-24(14)16(21-17)19-13-7-11(22-23-13)9-3-4-9/h1-2,5,7,9-10,12H,3-4,6,8H2,(H,26,27)(H2,19,20,21,22,23)/t10-,12+/m1/s1. The number of halogens is 1. The normalized spacial score (nSPS) is 22.5. The van der Waals surface area contributed by atoms with Gasteiger partial charge in [-0.3, -0.25) is 9.50 Å². The third-order valence-electron chi connectivity index (χ3n) is 5.02. The zero-order chi connectivity index (χ0) is 18.5. The number of aliphatic carboxylic acids is 1. The topological polar surface area (TPSA) is 111 Å². The van der Waals surface area contributed by atoms with Gasteiger partial charge in [-0.05, 0) is 25.0 Å². The third-order valence-corrected chi connectivity index (χ3v) is 5.02. The monoisotopic (exact) mass is 371 g/mol. The molecule has 9 nitrogen and oxygen atoms in total. The van der Waals surface area contributed by atoms with Gasteiger partial charge in [-0.15, -0.1) is 0 Å². The summed E-state index contributed by atoms with van der Waals surface area (Å²) in [5.74, 6) is 0.721. The second-order valence-corrected chi connectivity index (χ2v) is 7.03. The number of anilines is 3. The number of fused-ring (bicyclic) bond motifs is 1. The molecular formula is C17H18FN7O2. The molecule has 2 aliphatic rings. The van der Waals surface area contributed by atoms with Crippen molar-refractivity contribution < 1.29 is 14.3 Å². The van der Waals surface area contributed by atoms with Gasteiger partial charge in [0.25, 0.3) is 0 Å². The van der Waals surface area contributed by atoms with E-state index in [2.05, 4.69) is 25.5 Å². The molecule has 3 aromatic heterocycles. The molecule has 0 spiro atoms. The van der Waals surface area contributed by atoms with Crippen molar-refractivity contribution in [2.45, 2.75) is 37.4 Å². The number of carbonyl (C=O) groups is 1. The summed E-state index contributed by atoms with van der Waals surface area (Å²) in [4.78, 5) is 21.8. The van der Waals surface area contributed by atoms with Crippen molar-refractivity contribution in [3.8, 4) is 0 Å². The van der Waals surface area contributed by atoms with Gasteiger partial charge in [-0.1, -0.05) is 0 Å². The zero-order valence-corrected chi connectivity index (χ0v) is 14.3. The highest BCUT2D eigenvalue weighted by molar-refractivity contribution is 5.78. The molecule has 0 aromatic carbocycles. The van der Waals surface area contributed by atoms with Crippen LogP contribution in [0.3, 0.4) is 0 Å². The lowest BCUT2D eigenvalue weighted by molar-refractivity contribution is -0.138. The van der Waals surface area contributed by atoms with Crippen LogP contribution < -0.4 is 10.2 Å². The molecule has 4 heterocycles. The first-order chi connectivity index (χ1) is 13.1. The number of aromatic nitrogens is 5. The summed E-state index contributed by atoms with van der Waals surface area (Å²) in [6.45, 7) is -0.0402. The highest BCUT2D eigenvalue weighted by Crippen LogP contribution is 2.39. The average Bonchev–Trinajstić information content (AvgIpc) is 3.05. The molecule has 3 aromatic rings. The SMILES string of the molecule is O=C(O)[C@@H]1C[C@@H](F)CN1c1nc(Nc2cc(C3CC3)[nH]n2)n2cccc2n1. The Labute approximate surface area is 153 Å². The molecule has 0 amide bonds. The lowest BCUT2D eigenvalue weighted by atomic mass is 10.2. The number of rotatable bonds is 5. The number of alkyl halides is 1. The summed E-state index contributed by atoms with van der Waals surface area (Å²) in [5.41, 5.74) is 1.67.